The van der Waals surface area contributed by atoms with Crippen LogP contribution in [-0.4, -0.2) is 43.6 Å². The van der Waals surface area contributed by atoms with Crippen molar-refractivity contribution in [3.05, 3.63) is 29.8 Å². The first kappa shape index (κ1) is 14.9. The van der Waals surface area contributed by atoms with E-state index in [1.165, 1.54) is 0 Å². The summed E-state index contributed by atoms with van der Waals surface area (Å²) >= 11 is 0. The second kappa shape index (κ2) is 6.75. The molecule has 1 fully saturated rings. The van der Waals surface area contributed by atoms with Gasteiger partial charge in [-0.3, -0.25) is 4.79 Å². The van der Waals surface area contributed by atoms with Gasteiger partial charge in [-0.1, -0.05) is 13.8 Å². The lowest BCUT2D eigenvalue weighted by molar-refractivity contribution is 0.0646. The van der Waals surface area contributed by atoms with Crippen LogP contribution in [0.4, 0.5) is 0 Å². The summed E-state index contributed by atoms with van der Waals surface area (Å²) < 4.78 is 5.14. The summed E-state index contributed by atoms with van der Waals surface area (Å²) in [5, 5.41) is 3.42. The highest BCUT2D eigenvalue weighted by atomic mass is 16.5. The molecule has 4 heteroatoms. The average Bonchev–Trinajstić information content (AvgIpc) is 2.72. The van der Waals surface area contributed by atoms with Crippen LogP contribution in [0.5, 0.6) is 5.75 Å². The molecule has 1 aliphatic heterocycles. The molecule has 4 nitrogen and oxygen atoms in total. The zero-order chi connectivity index (χ0) is 14.5. The van der Waals surface area contributed by atoms with Crippen molar-refractivity contribution in [3.8, 4) is 5.75 Å². The van der Waals surface area contributed by atoms with Gasteiger partial charge in [-0.25, -0.2) is 0 Å². The molecule has 1 aliphatic rings. The topological polar surface area (TPSA) is 41.6 Å². The van der Waals surface area contributed by atoms with Crippen molar-refractivity contribution in [2.75, 3.05) is 26.7 Å². The second-order valence-electron chi connectivity index (χ2n) is 5.60. The van der Waals surface area contributed by atoms with Crippen LogP contribution in [-0.2, 0) is 0 Å². The van der Waals surface area contributed by atoms with Crippen molar-refractivity contribution in [1.29, 1.82) is 0 Å². The Morgan fingerprint density at radius 2 is 2.05 bits per heavy atom. The van der Waals surface area contributed by atoms with Gasteiger partial charge in [0.1, 0.15) is 5.75 Å². The van der Waals surface area contributed by atoms with Gasteiger partial charge in [-0.2, -0.15) is 0 Å². The highest BCUT2D eigenvalue weighted by Gasteiger charge is 2.28. The quantitative estimate of drug-likeness (QED) is 0.920. The number of nitrogens with one attached hydrogen (secondary N) is 1. The van der Waals surface area contributed by atoms with Gasteiger partial charge in [0.2, 0.25) is 0 Å². The summed E-state index contributed by atoms with van der Waals surface area (Å²) in [5.74, 6) is 1.34. The van der Waals surface area contributed by atoms with E-state index < -0.39 is 0 Å². The van der Waals surface area contributed by atoms with Crippen molar-refractivity contribution < 1.29 is 9.53 Å². The Labute approximate surface area is 121 Å². The lowest BCUT2D eigenvalue weighted by Crippen LogP contribution is -2.46. The molecule has 0 saturated carbocycles. The van der Waals surface area contributed by atoms with Crippen molar-refractivity contribution in [2.24, 2.45) is 5.92 Å². The summed E-state index contributed by atoms with van der Waals surface area (Å²) in [5.41, 5.74) is 0.735. The normalized spacial score (nSPS) is 19.8. The Morgan fingerprint density at radius 1 is 1.35 bits per heavy atom. The van der Waals surface area contributed by atoms with Crippen LogP contribution in [0, 0.1) is 5.92 Å². The minimum atomic E-state index is 0.120. The molecule has 0 spiro atoms. The molecule has 1 aromatic carbocycles. The number of benzene rings is 1. The van der Waals surface area contributed by atoms with Crippen LogP contribution < -0.4 is 10.1 Å². The zero-order valence-corrected chi connectivity index (χ0v) is 12.6. The van der Waals surface area contributed by atoms with E-state index in [2.05, 4.69) is 19.2 Å². The summed E-state index contributed by atoms with van der Waals surface area (Å²) in [7, 11) is 1.63. The SMILES string of the molecule is COc1ccc(C(=O)N2CCCNCC2C(C)C)cc1. The van der Waals surface area contributed by atoms with E-state index in [1.54, 1.807) is 7.11 Å². The minimum Gasteiger partial charge on any atom is -0.497 e. The molecule has 1 amide bonds. The average molecular weight is 276 g/mol. The molecule has 0 radical (unpaired) electrons. The van der Waals surface area contributed by atoms with E-state index in [1.807, 2.05) is 29.2 Å². The van der Waals surface area contributed by atoms with E-state index in [0.717, 1.165) is 37.4 Å². The lowest BCUT2D eigenvalue weighted by atomic mass is 10.0. The molecule has 1 N–H and O–H groups in total. The molecular formula is C16H24N2O2. The number of ether oxygens (including phenoxy) is 1. The first-order chi connectivity index (χ1) is 9.63. The third-order valence-electron chi connectivity index (χ3n) is 3.87. The number of methoxy groups -OCH3 is 1. The number of carbonyl (C=O) groups is 1. The predicted molar refractivity (Wildman–Crippen MR) is 80.1 cm³/mol. The van der Waals surface area contributed by atoms with E-state index in [4.69, 9.17) is 4.74 Å². The Kier molecular flexibility index (Phi) is 5.01. The van der Waals surface area contributed by atoms with Gasteiger partial charge >= 0.3 is 0 Å². The maximum absolute atomic E-state index is 12.7. The second-order valence-corrected chi connectivity index (χ2v) is 5.60. The molecule has 110 valence electrons. The summed E-state index contributed by atoms with van der Waals surface area (Å²) in [6.45, 7) is 7.02. The molecular weight excluding hydrogens is 252 g/mol. The fourth-order valence-corrected chi connectivity index (χ4v) is 2.65. The molecule has 1 unspecified atom stereocenters. The largest absolute Gasteiger partial charge is 0.497 e. The Hall–Kier alpha value is -1.55. The molecule has 1 atom stereocenters. The number of carbonyl (C=O) groups excluding carboxylic acids is 1. The molecule has 1 aromatic rings. The van der Waals surface area contributed by atoms with Crippen LogP contribution in [0.1, 0.15) is 30.6 Å². The summed E-state index contributed by atoms with van der Waals surface area (Å²) in [6, 6.07) is 7.63. The Bertz CT molecular complexity index is 442. The van der Waals surface area contributed by atoms with Crippen LogP contribution >= 0.6 is 0 Å². The molecule has 1 saturated heterocycles. The maximum atomic E-state index is 12.7. The molecule has 0 bridgehead atoms. The smallest absolute Gasteiger partial charge is 0.254 e. The number of rotatable bonds is 3. The first-order valence-corrected chi connectivity index (χ1v) is 7.29. The van der Waals surface area contributed by atoms with Crippen molar-refractivity contribution in [1.82, 2.24) is 10.2 Å². The highest BCUT2D eigenvalue weighted by molar-refractivity contribution is 5.94. The molecule has 0 aromatic heterocycles. The molecule has 2 rings (SSSR count). The fourth-order valence-electron chi connectivity index (χ4n) is 2.65. The highest BCUT2D eigenvalue weighted by Crippen LogP contribution is 2.18. The van der Waals surface area contributed by atoms with Gasteiger partial charge in [0.15, 0.2) is 0 Å². The third-order valence-corrected chi connectivity index (χ3v) is 3.87. The van der Waals surface area contributed by atoms with Gasteiger partial charge in [0, 0.05) is 24.7 Å². The van der Waals surface area contributed by atoms with Crippen molar-refractivity contribution in [3.63, 3.8) is 0 Å². The summed E-state index contributed by atoms with van der Waals surface area (Å²) in [6.07, 6.45) is 1.01. The van der Waals surface area contributed by atoms with Gasteiger partial charge in [0.25, 0.3) is 5.91 Å². The Balaban J connectivity index is 2.19. The summed E-state index contributed by atoms with van der Waals surface area (Å²) in [4.78, 5) is 14.7. The number of amides is 1. The zero-order valence-electron chi connectivity index (χ0n) is 12.6. The predicted octanol–water partition coefficient (Wildman–Crippen LogP) is 2.16. The third kappa shape index (κ3) is 3.31. The van der Waals surface area contributed by atoms with Gasteiger partial charge in [-0.15, -0.1) is 0 Å². The van der Waals surface area contributed by atoms with Crippen molar-refractivity contribution >= 4 is 5.91 Å². The standard InChI is InChI=1S/C16H24N2O2/c1-12(2)15-11-17-9-4-10-18(15)16(19)13-5-7-14(20-3)8-6-13/h5-8,12,15,17H,4,9-11H2,1-3H3. The minimum absolute atomic E-state index is 0.120. The van der Waals surface area contributed by atoms with Crippen molar-refractivity contribution in [2.45, 2.75) is 26.3 Å². The molecule has 1 heterocycles. The van der Waals surface area contributed by atoms with Crippen LogP contribution in [0.3, 0.4) is 0 Å². The van der Waals surface area contributed by atoms with Gasteiger partial charge < -0.3 is 15.0 Å². The van der Waals surface area contributed by atoms with Crippen LogP contribution in [0.25, 0.3) is 0 Å². The van der Waals surface area contributed by atoms with Crippen LogP contribution in [0.15, 0.2) is 24.3 Å². The number of hydrogen-bond acceptors (Lipinski definition) is 3. The molecule has 0 aliphatic carbocycles. The maximum Gasteiger partial charge on any atom is 0.254 e. The van der Waals surface area contributed by atoms with E-state index >= 15 is 0 Å². The Morgan fingerprint density at radius 3 is 2.65 bits per heavy atom. The fraction of sp³-hybridized carbons (Fsp3) is 0.562. The number of nitrogens with zero attached hydrogens (tertiary/aromatic N) is 1. The van der Waals surface area contributed by atoms with E-state index in [0.29, 0.717) is 5.92 Å². The van der Waals surface area contributed by atoms with Gasteiger partial charge in [0.05, 0.1) is 7.11 Å². The lowest BCUT2D eigenvalue weighted by Gasteiger charge is -2.32. The monoisotopic (exact) mass is 276 g/mol. The van der Waals surface area contributed by atoms with Crippen LogP contribution in [0.2, 0.25) is 0 Å². The van der Waals surface area contributed by atoms with E-state index in [9.17, 15) is 4.79 Å². The van der Waals surface area contributed by atoms with Gasteiger partial charge in [-0.05, 0) is 43.1 Å². The molecule has 20 heavy (non-hydrogen) atoms. The van der Waals surface area contributed by atoms with E-state index in [-0.39, 0.29) is 11.9 Å². The first-order valence-electron chi connectivity index (χ1n) is 7.29. The number of hydrogen-bond donors (Lipinski definition) is 1.